The van der Waals surface area contributed by atoms with Gasteiger partial charge in [-0.2, -0.15) is 0 Å². The largest absolute Gasteiger partial charge is 0.323 e. The Bertz CT molecular complexity index is 1060. The van der Waals surface area contributed by atoms with Crippen LogP contribution in [0.4, 0.5) is 5.69 Å². The highest BCUT2D eigenvalue weighted by Crippen LogP contribution is 2.17. The number of nitrogens with one attached hydrogen (secondary N) is 3. The highest BCUT2D eigenvalue weighted by Gasteiger charge is 2.12. The molecule has 0 saturated heterocycles. The Morgan fingerprint density at radius 3 is 2.52 bits per heavy atom. The van der Waals surface area contributed by atoms with E-state index >= 15 is 0 Å². The average Bonchev–Trinajstić information content (AvgIpc) is 2.86. The van der Waals surface area contributed by atoms with Crippen LogP contribution in [0.15, 0.2) is 52.2 Å². The fraction of sp³-hybridized carbons (Fsp3) is 0.0667. The zero-order valence-electron chi connectivity index (χ0n) is 12.1. The Balaban J connectivity index is 1.89. The number of hydrogen-bond acceptors (Lipinski definition) is 4. The van der Waals surface area contributed by atoms with Crippen molar-refractivity contribution in [2.75, 3.05) is 11.6 Å². The second-order valence-corrected chi connectivity index (χ2v) is 7.11. The quantitative estimate of drug-likeness (QED) is 0.675. The summed E-state index contributed by atoms with van der Waals surface area (Å²) in [7, 11) is -3.38. The number of H-pyrrole nitrogens is 2. The molecule has 0 aliphatic carbocycles. The van der Waals surface area contributed by atoms with E-state index < -0.39 is 15.7 Å². The third-order valence-corrected chi connectivity index (χ3v) is 4.41. The number of anilines is 1. The van der Waals surface area contributed by atoms with Crippen molar-refractivity contribution in [3.8, 4) is 0 Å². The lowest BCUT2D eigenvalue weighted by Gasteiger charge is -2.06. The number of aromatic nitrogens is 2. The van der Waals surface area contributed by atoms with Crippen molar-refractivity contribution >= 4 is 32.5 Å². The third kappa shape index (κ3) is 3.16. The van der Waals surface area contributed by atoms with Gasteiger partial charge in [0, 0.05) is 17.5 Å². The Labute approximate surface area is 131 Å². The molecule has 1 heterocycles. The van der Waals surface area contributed by atoms with Crippen LogP contribution in [0.3, 0.4) is 0 Å². The average molecular weight is 331 g/mol. The van der Waals surface area contributed by atoms with Gasteiger partial charge in [0.05, 0.1) is 15.9 Å². The predicted molar refractivity (Wildman–Crippen MR) is 86.4 cm³/mol. The molecule has 0 fully saturated rings. The lowest BCUT2D eigenvalue weighted by molar-refractivity contribution is 0.102. The lowest BCUT2D eigenvalue weighted by atomic mass is 10.2. The van der Waals surface area contributed by atoms with E-state index in [0.29, 0.717) is 16.7 Å². The number of hydrogen-bond donors (Lipinski definition) is 3. The maximum absolute atomic E-state index is 12.2. The summed E-state index contributed by atoms with van der Waals surface area (Å²) in [6.45, 7) is 0. The molecule has 3 rings (SSSR count). The van der Waals surface area contributed by atoms with Gasteiger partial charge in [0.2, 0.25) is 0 Å². The summed E-state index contributed by atoms with van der Waals surface area (Å²) in [6, 6.07) is 10.7. The SMILES string of the molecule is CS(=O)(=O)c1cccc(C(=O)Nc2ccc3[nH]c(=O)[nH]c3c2)c1. The third-order valence-electron chi connectivity index (χ3n) is 3.30. The number of imidazole rings is 1. The van der Waals surface area contributed by atoms with Crippen molar-refractivity contribution < 1.29 is 13.2 Å². The molecule has 1 aromatic heterocycles. The second kappa shape index (κ2) is 5.40. The molecule has 0 bridgehead atoms. The Morgan fingerprint density at radius 1 is 1.04 bits per heavy atom. The molecule has 0 unspecified atom stereocenters. The van der Waals surface area contributed by atoms with Crippen molar-refractivity contribution in [1.82, 2.24) is 9.97 Å². The van der Waals surface area contributed by atoms with E-state index in [1.165, 1.54) is 24.3 Å². The first-order valence-corrected chi connectivity index (χ1v) is 8.55. The van der Waals surface area contributed by atoms with Gasteiger partial charge in [0.25, 0.3) is 5.91 Å². The van der Waals surface area contributed by atoms with E-state index in [2.05, 4.69) is 15.3 Å². The first-order chi connectivity index (χ1) is 10.8. The number of rotatable bonds is 3. The second-order valence-electron chi connectivity index (χ2n) is 5.09. The molecule has 0 atom stereocenters. The molecule has 1 amide bonds. The van der Waals surface area contributed by atoms with Crippen LogP contribution in [0.25, 0.3) is 11.0 Å². The smallest absolute Gasteiger partial charge is 0.322 e. The predicted octanol–water partition coefficient (Wildman–Crippen LogP) is 1.51. The number of aromatic amines is 2. The Kier molecular flexibility index (Phi) is 3.53. The Morgan fingerprint density at radius 2 is 1.78 bits per heavy atom. The first-order valence-electron chi connectivity index (χ1n) is 6.66. The molecule has 8 heteroatoms. The molecule has 23 heavy (non-hydrogen) atoms. The number of sulfone groups is 1. The fourth-order valence-corrected chi connectivity index (χ4v) is 2.85. The topological polar surface area (TPSA) is 112 Å². The van der Waals surface area contributed by atoms with E-state index in [1.54, 1.807) is 18.2 Å². The fourth-order valence-electron chi connectivity index (χ4n) is 2.18. The van der Waals surface area contributed by atoms with Crippen LogP contribution in [-0.4, -0.2) is 30.5 Å². The maximum atomic E-state index is 12.2. The summed E-state index contributed by atoms with van der Waals surface area (Å²) in [5, 5.41) is 2.67. The highest BCUT2D eigenvalue weighted by molar-refractivity contribution is 7.90. The molecule has 0 spiro atoms. The van der Waals surface area contributed by atoms with E-state index in [4.69, 9.17) is 0 Å². The van der Waals surface area contributed by atoms with E-state index in [9.17, 15) is 18.0 Å². The number of carbonyl (C=O) groups excluding carboxylic acids is 1. The van der Waals surface area contributed by atoms with E-state index in [0.717, 1.165) is 6.26 Å². The van der Waals surface area contributed by atoms with Crippen LogP contribution < -0.4 is 11.0 Å². The number of fused-ring (bicyclic) bond motifs is 1. The van der Waals surface area contributed by atoms with Crippen molar-refractivity contribution in [3.63, 3.8) is 0 Å². The van der Waals surface area contributed by atoms with Gasteiger partial charge in [-0.25, -0.2) is 13.2 Å². The molecule has 0 radical (unpaired) electrons. The normalized spacial score (nSPS) is 11.5. The van der Waals surface area contributed by atoms with Gasteiger partial charge in [-0.15, -0.1) is 0 Å². The molecule has 7 nitrogen and oxygen atoms in total. The monoisotopic (exact) mass is 331 g/mol. The van der Waals surface area contributed by atoms with Crippen LogP contribution >= 0.6 is 0 Å². The Hall–Kier alpha value is -2.87. The summed E-state index contributed by atoms with van der Waals surface area (Å²) in [5.41, 5.74) is 1.59. The number of benzene rings is 2. The highest BCUT2D eigenvalue weighted by atomic mass is 32.2. The number of carbonyl (C=O) groups is 1. The van der Waals surface area contributed by atoms with Crippen LogP contribution in [0.5, 0.6) is 0 Å². The minimum absolute atomic E-state index is 0.0792. The van der Waals surface area contributed by atoms with Gasteiger partial charge in [-0.05, 0) is 36.4 Å². The lowest BCUT2D eigenvalue weighted by Crippen LogP contribution is -2.12. The molecule has 0 saturated carbocycles. The molecule has 2 aromatic carbocycles. The molecule has 0 aliphatic rings. The van der Waals surface area contributed by atoms with E-state index in [1.807, 2.05) is 0 Å². The molecule has 0 aliphatic heterocycles. The molecule has 3 N–H and O–H groups in total. The standard InChI is InChI=1S/C15H13N3O4S/c1-23(21,22)11-4-2-3-9(7-11)14(19)16-10-5-6-12-13(8-10)18-15(20)17-12/h2-8H,1H3,(H,16,19)(H2,17,18,20). The van der Waals surface area contributed by atoms with Gasteiger partial charge >= 0.3 is 5.69 Å². The van der Waals surface area contributed by atoms with Gasteiger partial charge in [0.1, 0.15) is 0 Å². The van der Waals surface area contributed by atoms with E-state index in [-0.39, 0.29) is 16.1 Å². The van der Waals surface area contributed by atoms with Gasteiger partial charge in [-0.1, -0.05) is 6.07 Å². The van der Waals surface area contributed by atoms with Crippen LogP contribution in [0.1, 0.15) is 10.4 Å². The van der Waals surface area contributed by atoms with Crippen molar-refractivity contribution in [2.24, 2.45) is 0 Å². The molecular weight excluding hydrogens is 318 g/mol. The minimum atomic E-state index is -3.38. The summed E-state index contributed by atoms with van der Waals surface area (Å²) in [4.78, 5) is 28.8. The molecule has 118 valence electrons. The minimum Gasteiger partial charge on any atom is -0.322 e. The van der Waals surface area contributed by atoms with Crippen LogP contribution in [-0.2, 0) is 9.84 Å². The zero-order chi connectivity index (χ0) is 16.6. The molecular formula is C15H13N3O4S. The van der Waals surface area contributed by atoms with Gasteiger partial charge in [-0.3, -0.25) is 4.79 Å². The zero-order valence-corrected chi connectivity index (χ0v) is 12.9. The first kappa shape index (κ1) is 15.0. The van der Waals surface area contributed by atoms with Crippen molar-refractivity contribution in [1.29, 1.82) is 0 Å². The van der Waals surface area contributed by atoms with Crippen molar-refractivity contribution in [3.05, 3.63) is 58.5 Å². The summed E-state index contributed by atoms with van der Waals surface area (Å²) >= 11 is 0. The van der Waals surface area contributed by atoms with Crippen molar-refractivity contribution in [2.45, 2.75) is 4.90 Å². The maximum Gasteiger partial charge on any atom is 0.323 e. The van der Waals surface area contributed by atoms with Crippen LogP contribution in [0.2, 0.25) is 0 Å². The van der Waals surface area contributed by atoms with Crippen LogP contribution in [0, 0.1) is 0 Å². The van der Waals surface area contributed by atoms with Gasteiger partial charge in [0.15, 0.2) is 9.84 Å². The summed E-state index contributed by atoms with van der Waals surface area (Å²) in [6.07, 6.45) is 1.08. The molecule has 3 aromatic rings. The number of amides is 1. The summed E-state index contributed by atoms with van der Waals surface area (Å²) in [5.74, 6) is -0.437. The van der Waals surface area contributed by atoms with Gasteiger partial charge < -0.3 is 15.3 Å². The summed E-state index contributed by atoms with van der Waals surface area (Å²) < 4.78 is 23.1.